The third-order valence-corrected chi connectivity index (χ3v) is 5.64. The Morgan fingerprint density at radius 3 is 2.65 bits per heavy atom. The molecule has 128 valence electrons. The Morgan fingerprint density at radius 2 is 2.04 bits per heavy atom. The van der Waals surface area contributed by atoms with Gasteiger partial charge in [-0.1, -0.05) is 12.8 Å². The molecule has 9 heteroatoms. The molecule has 1 saturated carbocycles. The first-order chi connectivity index (χ1) is 10.9. The first-order valence-electron chi connectivity index (χ1n) is 7.48. The molecule has 1 aliphatic rings. The van der Waals surface area contributed by atoms with Gasteiger partial charge in [0.2, 0.25) is 10.0 Å². The second-order valence-corrected chi connectivity index (χ2v) is 7.51. The van der Waals surface area contributed by atoms with Crippen LogP contribution in [-0.4, -0.2) is 38.1 Å². The van der Waals surface area contributed by atoms with E-state index in [-0.39, 0.29) is 34.8 Å². The van der Waals surface area contributed by atoms with Crippen LogP contribution in [0, 0.1) is 16.0 Å². The van der Waals surface area contributed by atoms with Crippen LogP contribution in [-0.2, 0) is 10.0 Å². The van der Waals surface area contributed by atoms with Crippen LogP contribution in [0.1, 0.15) is 25.7 Å². The predicted molar refractivity (Wildman–Crippen MR) is 85.8 cm³/mol. The molecule has 8 nitrogen and oxygen atoms in total. The molecule has 0 aromatic heterocycles. The molecule has 2 rings (SSSR count). The lowest BCUT2D eigenvalue weighted by molar-refractivity contribution is -0.384. The predicted octanol–water partition coefficient (Wildman–Crippen LogP) is 1.47. The number of hydrogen-bond acceptors (Lipinski definition) is 6. The van der Waals surface area contributed by atoms with E-state index in [0.717, 1.165) is 31.7 Å². The molecule has 1 fully saturated rings. The summed E-state index contributed by atoms with van der Waals surface area (Å²) in [5.41, 5.74) is -0.0148. The van der Waals surface area contributed by atoms with Crippen LogP contribution in [0.15, 0.2) is 23.1 Å². The van der Waals surface area contributed by atoms with Crippen molar-refractivity contribution in [3.8, 4) is 0 Å². The fourth-order valence-corrected chi connectivity index (χ4v) is 3.64. The van der Waals surface area contributed by atoms with E-state index in [0.29, 0.717) is 0 Å². The highest BCUT2D eigenvalue weighted by Gasteiger charge is 2.27. The Bertz CT molecular complexity index is 677. The highest BCUT2D eigenvalue weighted by atomic mass is 32.2. The number of nitro benzene ring substituents is 1. The van der Waals surface area contributed by atoms with Gasteiger partial charge in [-0.25, -0.2) is 13.1 Å². The van der Waals surface area contributed by atoms with Gasteiger partial charge in [-0.15, -0.1) is 0 Å². The summed E-state index contributed by atoms with van der Waals surface area (Å²) in [6, 6.07) is 3.73. The first kappa shape index (κ1) is 17.6. The zero-order chi connectivity index (χ0) is 17.0. The summed E-state index contributed by atoms with van der Waals surface area (Å²) in [4.78, 5) is 10.5. The van der Waals surface area contributed by atoms with Crippen LogP contribution in [0.5, 0.6) is 0 Å². The van der Waals surface area contributed by atoms with Gasteiger partial charge in [0, 0.05) is 24.6 Å². The maximum atomic E-state index is 11.8. The fraction of sp³-hybridized carbons (Fsp3) is 0.571. The Labute approximate surface area is 135 Å². The summed E-state index contributed by atoms with van der Waals surface area (Å²) in [5, 5.41) is 23.8. The van der Waals surface area contributed by atoms with E-state index in [1.807, 2.05) is 0 Å². The van der Waals surface area contributed by atoms with Crippen LogP contribution in [0.3, 0.4) is 0 Å². The van der Waals surface area contributed by atoms with Crippen LogP contribution in [0.25, 0.3) is 0 Å². The van der Waals surface area contributed by atoms with Crippen LogP contribution in [0.4, 0.5) is 11.4 Å². The maximum absolute atomic E-state index is 11.8. The molecule has 0 spiro atoms. The van der Waals surface area contributed by atoms with Gasteiger partial charge < -0.3 is 10.4 Å². The zero-order valence-electron chi connectivity index (χ0n) is 12.9. The van der Waals surface area contributed by atoms with Crippen molar-refractivity contribution in [3.63, 3.8) is 0 Å². The summed E-state index contributed by atoms with van der Waals surface area (Å²) in [5.74, 6) is 0.0454. The molecule has 2 atom stereocenters. The SMILES string of the molecule is CNS(=O)(=O)c1ccc(N[C@@H]2CCCC[C@H]2CO)c([N+](=O)[O-])c1. The fourth-order valence-electron chi connectivity index (χ4n) is 2.89. The Hall–Kier alpha value is -1.71. The van der Waals surface area contributed by atoms with Crippen molar-refractivity contribution in [2.45, 2.75) is 36.6 Å². The number of nitro groups is 1. The highest BCUT2D eigenvalue weighted by Crippen LogP contribution is 2.32. The number of hydrogen-bond donors (Lipinski definition) is 3. The third-order valence-electron chi connectivity index (χ3n) is 4.23. The number of nitrogens with zero attached hydrogens (tertiary/aromatic N) is 1. The van der Waals surface area contributed by atoms with Gasteiger partial charge in [0.05, 0.1) is 9.82 Å². The number of rotatable bonds is 6. The van der Waals surface area contributed by atoms with Gasteiger partial charge in [0.1, 0.15) is 5.69 Å². The lowest BCUT2D eigenvalue weighted by Gasteiger charge is -2.31. The van der Waals surface area contributed by atoms with Crippen molar-refractivity contribution in [3.05, 3.63) is 28.3 Å². The highest BCUT2D eigenvalue weighted by molar-refractivity contribution is 7.89. The molecule has 0 amide bonds. The summed E-state index contributed by atoms with van der Waals surface area (Å²) < 4.78 is 25.7. The zero-order valence-corrected chi connectivity index (χ0v) is 13.7. The van der Waals surface area contributed by atoms with Crippen LogP contribution >= 0.6 is 0 Å². The smallest absolute Gasteiger partial charge is 0.293 e. The van der Waals surface area contributed by atoms with E-state index in [9.17, 15) is 23.6 Å². The van der Waals surface area contributed by atoms with Crippen molar-refractivity contribution >= 4 is 21.4 Å². The van der Waals surface area contributed by atoms with Gasteiger partial charge >= 0.3 is 0 Å². The summed E-state index contributed by atoms with van der Waals surface area (Å²) in [6.07, 6.45) is 3.71. The van der Waals surface area contributed by atoms with E-state index in [1.165, 1.54) is 19.2 Å². The number of nitrogens with one attached hydrogen (secondary N) is 2. The molecule has 1 aromatic carbocycles. The lowest BCUT2D eigenvalue weighted by Crippen LogP contribution is -2.34. The quantitative estimate of drug-likeness (QED) is 0.531. The van der Waals surface area contributed by atoms with Crippen molar-refractivity contribution in [2.24, 2.45) is 5.92 Å². The first-order valence-corrected chi connectivity index (χ1v) is 8.96. The number of benzene rings is 1. The van der Waals surface area contributed by atoms with Crippen molar-refractivity contribution in [1.29, 1.82) is 0 Å². The average Bonchev–Trinajstić information content (AvgIpc) is 2.55. The van der Waals surface area contributed by atoms with Crippen molar-refractivity contribution in [1.82, 2.24) is 4.72 Å². The molecule has 0 radical (unpaired) electrons. The van der Waals surface area contributed by atoms with Gasteiger partial charge in [0.25, 0.3) is 5.69 Å². The summed E-state index contributed by atoms with van der Waals surface area (Å²) in [7, 11) is -2.49. The summed E-state index contributed by atoms with van der Waals surface area (Å²) in [6.45, 7) is 0.0255. The molecule has 23 heavy (non-hydrogen) atoms. The minimum absolute atomic E-state index is 0.0255. The van der Waals surface area contributed by atoms with Gasteiger partial charge in [-0.05, 0) is 32.0 Å². The Kier molecular flexibility index (Phi) is 5.55. The standard InChI is InChI=1S/C14H21N3O5S/c1-15-23(21,22)11-6-7-13(14(8-11)17(19)20)16-12-5-3-2-4-10(12)9-18/h6-8,10,12,15-16,18H,2-5,9H2,1H3/t10-,12+/m0/s1. The van der Waals surface area contributed by atoms with Crippen molar-refractivity contribution in [2.75, 3.05) is 19.0 Å². The van der Waals surface area contributed by atoms with E-state index in [2.05, 4.69) is 10.0 Å². The second-order valence-electron chi connectivity index (χ2n) is 5.62. The number of anilines is 1. The van der Waals surface area contributed by atoms with E-state index < -0.39 is 14.9 Å². The Balaban J connectivity index is 2.33. The van der Waals surface area contributed by atoms with Gasteiger partial charge in [-0.2, -0.15) is 0 Å². The lowest BCUT2D eigenvalue weighted by atomic mass is 9.85. The van der Waals surface area contributed by atoms with Crippen molar-refractivity contribution < 1.29 is 18.4 Å². The van der Waals surface area contributed by atoms with Gasteiger partial charge in [0.15, 0.2) is 0 Å². The second kappa shape index (κ2) is 7.24. The molecule has 3 N–H and O–H groups in total. The van der Waals surface area contributed by atoms with E-state index >= 15 is 0 Å². The molecule has 0 heterocycles. The molecule has 1 aliphatic carbocycles. The third kappa shape index (κ3) is 3.98. The Morgan fingerprint density at radius 1 is 1.35 bits per heavy atom. The molecule has 0 aliphatic heterocycles. The average molecular weight is 343 g/mol. The number of sulfonamides is 1. The van der Waals surface area contributed by atoms with Gasteiger partial charge in [-0.3, -0.25) is 10.1 Å². The molecular weight excluding hydrogens is 322 g/mol. The van der Waals surface area contributed by atoms with Crippen LogP contribution < -0.4 is 10.0 Å². The minimum atomic E-state index is -3.74. The molecular formula is C14H21N3O5S. The topological polar surface area (TPSA) is 122 Å². The largest absolute Gasteiger partial charge is 0.396 e. The molecule has 0 saturated heterocycles. The monoisotopic (exact) mass is 343 g/mol. The molecule has 0 bridgehead atoms. The summed E-state index contributed by atoms with van der Waals surface area (Å²) >= 11 is 0. The minimum Gasteiger partial charge on any atom is -0.396 e. The van der Waals surface area contributed by atoms with E-state index in [4.69, 9.17) is 0 Å². The maximum Gasteiger partial charge on any atom is 0.293 e. The van der Waals surface area contributed by atoms with Crippen LogP contribution in [0.2, 0.25) is 0 Å². The van der Waals surface area contributed by atoms with E-state index in [1.54, 1.807) is 0 Å². The number of aliphatic hydroxyl groups is 1. The normalized spacial score (nSPS) is 21.8. The molecule has 1 aromatic rings. The number of aliphatic hydroxyl groups excluding tert-OH is 1. The molecule has 0 unspecified atom stereocenters.